The van der Waals surface area contributed by atoms with Gasteiger partial charge in [0.05, 0.1) is 0 Å². The Morgan fingerprint density at radius 2 is 1.67 bits per heavy atom. The molecule has 0 atom stereocenters. The zero-order valence-electron chi connectivity index (χ0n) is 9.97. The molecule has 0 heterocycles. The molecule has 6 nitrogen and oxygen atoms in total. The minimum atomic E-state index is -0.742. The Labute approximate surface area is 103 Å². The maximum absolute atomic E-state index is 11.6. The van der Waals surface area contributed by atoms with Crippen LogP contribution in [0.1, 0.15) is 24.2 Å². The fourth-order valence-corrected chi connectivity index (χ4v) is 1.12. The molecule has 0 amide bonds. The van der Waals surface area contributed by atoms with Crippen molar-refractivity contribution in [1.82, 2.24) is 0 Å². The van der Waals surface area contributed by atoms with E-state index in [4.69, 9.17) is 4.74 Å². The number of hydrogen-bond donors (Lipinski definition) is 0. The largest absolute Gasteiger partial charge is 0.428 e. The Balaban J connectivity index is 2.72. The summed E-state index contributed by atoms with van der Waals surface area (Å²) in [5, 5.41) is 0. The van der Waals surface area contributed by atoms with Crippen LogP contribution in [0.4, 0.5) is 0 Å². The summed E-state index contributed by atoms with van der Waals surface area (Å²) in [5.41, 5.74) is 0.0832. The summed E-state index contributed by atoms with van der Waals surface area (Å²) >= 11 is 0. The van der Waals surface area contributed by atoms with Crippen LogP contribution in [0.5, 0.6) is 5.75 Å². The summed E-state index contributed by atoms with van der Waals surface area (Å²) in [6, 6.07) is 6.11. The minimum absolute atomic E-state index is 0.0832. The van der Waals surface area contributed by atoms with Gasteiger partial charge in [0.15, 0.2) is 0 Å². The van der Waals surface area contributed by atoms with Gasteiger partial charge < -0.3 is 14.2 Å². The van der Waals surface area contributed by atoms with E-state index in [9.17, 15) is 14.4 Å². The SMILES string of the molecule is CC(=O)OCOC(=O)c1ccccc1OC(C)=O. The summed E-state index contributed by atoms with van der Waals surface area (Å²) < 4.78 is 14.0. The van der Waals surface area contributed by atoms with E-state index in [0.29, 0.717) is 0 Å². The zero-order valence-corrected chi connectivity index (χ0v) is 9.97. The predicted molar refractivity (Wildman–Crippen MR) is 59.8 cm³/mol. The fraction of sp³-hybridized carbons (Fsp3) is 0.250. The van der Waals surface area contributed by atoms with Gasteiger partial charge in [-0.25, -0.2) is 4.79 Å². The third-order valence-electron chi connectivity index (χ3n) is 1.81. The number of benzene rings is 1. The molecule has 0 aliphatic rings. The molecule has 0 saturated carbocycles. The number of carbonyl (C=O) groups is 3. The van der Waals surface area contributed by atoms with Crippen molar-refractivity contribution in [1.29, 1.82) is 0 Å². The van der Waals surface area contributed by atoms with Crippen LogP contribution in [0, 0.1) is 0 Å². The Bertz CT molecular complexity index is 465. The van der Waals surface area contributed by atoms with Crippen molar-refractivity contribution in [3.8, 4) is 5.75 Å². The quantitative estimate of drug-likeness (QED) is 0.456. The van der Waals surface area contributed by atoms with E-state index >= 15 is 0 Å². The molecule has 0 N–H and O–H groups in total. The summed E-state index contributed by atoms with van der Waals surface area (Å²) in [6.07, 6.45) is 0. The second-order valence-corrected chi connectivity index (χ2v) is 3.28. The van der Waals surface area contributed by atoms with Gasteiger partial charge in [-0.15, -0.1) is 0 Å². The first-order valence-electron chi connectivity index (χ1n) is 5.08. The van der Waals surface area contributed by atoms with E-state index in [0.717, 1.165) is 0 Å². The summed E-state index contributed by atoms with van der Waals surface area (Å²) in [4.78, 5) is 33.0. The van der Waals surface area contributed by atoms with E-state index in [2.05, 4.69) is 9.47 Å². The first-order valence-corrected chi connectivity index (χ1v) is 5.08. The fourth-order valence-electron chi connectivity index (χ4n) is 1.12. The summed E-state index contributed by atoms with van der Waals surface area (Å²) in [7, 11) is 0. The van der Waals surface area contributed by atoms with Crippen LogP contribution in [0.3, 0.4) is 0 Å². The third kappa shape index (κ3) is 4.25. The topological polar surface area (TPSA) is 78.9 Å². The average Bonchev–Trinajstić information content (AvgIpc) is 2.28. The Morgan fingerprint density at radius 1 is 1.00 bits per heavy atom. The molecule has 0 unspecified atom stereocenters. The highest BCUT2D eigenvalue weighted by molar-refractivity contribution is 5.93. The number of para-hydroxylation sites is 1. The van der Waals surface area contributed by atoms with Crippen LogP contribution in [0.15, 0.2) is 24.3 Å². The molecule has 0 bridgehead atoms. The molecule has 0 aliphatic carbocycles. The standard InChI is InChI=1S/C12H12O6/c1-8(13)16-7-17-12(15)10-5-3-4-6-11(10)18-9(2)14/h3-6H,7H2,1-2H3. The molecule has 6 heteroatoms. The Kier molecular flexibility index (Phi) is 4.86. The predicted octanol–water partition coefficient (Wildman–Crippen LogP) is 1.29. The lowest BCUT2D eigenvalue weighted by molar-refractivity contribution is -0.149. The normalized spacial score (nSPS) is 9.44. The van der Waals surface area contributed by atoms with E-state index in [1.54, 1.807) is 12.1 Å². The minimum Gasteiger partial charge on any atom is -0.428 e. The molecule has 18 heavy (non-hydrogen) atoms. The first kappa shape index (κ1) is 13.7. The number of esters is 3. The lowest BCUT2D eigenvalue weighted by atomic mass is 10.2. The van der Waals surface area contributed by atoms with Crippen LogP contribution in [-0.2, 0) is 19.1 Å². The molecule has 1 aromatic carbocycles. The van der Waals surface area contributed by atoms with Gasteiger partial charge >= 0.3 is 17.9 Å². The number of rotatable bonds is 4. The third-order valence-corrected chi connectivity index (χ3v) is 1.81. The van der Waals surface area contributed by atoms with Gasteiger partial charge in [0, 0.05) is 13.8 Å². The van der Waals surface area contributed by atoms with Crippen molar-refractivity contribution in [2.24, 2.45) is 0 Å². The maximum atomic E-state index is 11.6. The van der Waals surface area contributed by atoms with Crippen LogP contribution >= 0.6 is 0 Å². The Hall–Kier alpha value is -2.37. The smallest absolute Gasteiger partial charge is 0.344 e. The van der Waals surface area contributed by atoms with E-state index in [1.807, 2.05) is 0 Å². The van der Waals surface area contributed by atoms with Crippen LogP contribution in [0.25, 0.3) is 0 Å². The second kappa shape index (κ2) is 6.39. The number of hydrogen-bond acceptors (Lipinski definition) is 6. The lowest BCUT2D eigenvalue weighted by Gasteiger charge is -2.08. The highest BCUT2D eigenvalue weighted by Gasteiger charge is 2.15. The number of ether oxygens (including phenoxy) is 3. The van der Waals surface area contributed by atoms with Crippen molar-refractivity contribution in [2.45, 2.75) is 13.8 Å². The monoisotopic (exact) mass is 252 g/mol. The number of carbonyl (C=O) groups excluding carboxylic acids is 3. The Morgan fingerprint density at radius 3 is 2.28 bits per heavy atom. The highest BCUT2D eigenvalue weighted by atomic mass is 16.7. The maximum Gasteiger partial charge on any atom is 0.344 e. The molecule has 0 spiro atoms. The van der Waals surface area contributed by atoms with Gasteiger partial charge in [-0.2, -0.15) is 0 Å². The molecule has 96 valence electrons. The van der Waals surface area contributed by atoms with E-state index in [1.165, 1.54) is 26.0 Å². The van der Waals surface area contributed by atoms with Crippen molar-refractivity contribution in [2.75, 3.05) is 6.79 Å². The molecule has 0 fully saturated rings. The highest BCUT2D eigenvalue weighted by Crippen LogP contribution is 2.19. The molecule has 0 radical (unpaired) electrons. The van der Waals surface area contributed by atoms with Crippen LogP contribution in [-0.4, -0.2) is 24.7 Å². The van der Waals surface area contributed by atoms with Gasteiger partial charge in [-0.05, 0) is 12.1 Å². The van der Waals surface area contributed by atoms with Crippen LogP contribution in [0.2, 0.25) is 0 Å². The van der Waals surface area contributed by atoms with Crippen molar-refractivity contribution < 1.29 is 28.6 Å². The molecule has 1 rings (SSSR count). The zero-order chi connectivity index (χ0) is 13.5. The molecule has 0 aromatic heterocycles. The van der Waals surface area contributed by atoms with Gasteiger partial charge in [0.2, 0.25) is 6.79 Å². The van der Waals surface area contributed by atoms with Crippen molar-refractivity contribution in [3.63, 3.8) is 0 Å². The summed E-state index contributed by atoms with van der Waals surface area (Å²) in [5.74, 6) is -1.75. The van der Waals surface area contributed by atoms with Crippen LogP contribution < -0.4 is 4.74 Å². The molecular formula is C12H12O6. The van der Waals surface area contributed by atoms with Gasteiger partial charge in [-0.1, -0.05) is 12.1 Å². The van der Waals surface area contributed by atoms with E-state index < -0.39 is 24.7 Å². The molecule has 1 aromatic rings. The first-order chi connectivity index (χ1) is 8.50. The van der Waals surface area contributed by atoms with Crippen molar-refractivity contribution >= 4 is 17.9 Å². The van der Waals surface area contributed by atoms with E-state index in [-0.39, 0.29) is 11.3 Å². The molecule has 0 saturated heterocycles. The van der Waals surface area contributed by atoms with Crippen molar-refractivity contribution in [3.05, 3.63) is 29.8 Å². The lowest BCUT2D eigenvalue weighted by Crippen LogP contribution is -2.13. The molecular weight excluding hydrogens is 240 g/mol. The average molecular weight is 252 g/mol. The van der Waals surface area contributed by atoms with Gasteiger partial charge in [0.25, 0.3) is 0 Å². The van der Waals surface area contributed by atoms with Gasteiger partial charge in [-0.3, -0.25) is 9.59 Å². The van der Waals surface area contributed by atoms with Gasteiger partial charge in [0.1, 0.15) is 11.3 Å². The second-order valence-electron chi connectivity index (χ2n) is 3.28. The molecule has 0 aliphatic heterocycles. The summed E-state index contributed by atoms with van der Waals surface area (Å²) in [6.45, 7) is 1.93.